The number of thioether (sulfide) groups is 1. The highest BCUT2D eigenvalue weighted by molar-refractivity contribution is 7.99. The number of aromatic nitrogens is 4. The van der Waals surface area contributed by atoms with E-state index >= 15 is 0 Å². The highest BCUT2D eigenvalue weighted by atomic mass is 32.2. The van der Waals surface area contributed by atoms with Gasteiger partial charge in [0.25, 0.3) is 11.5 Å². The van der Waals surface area contributed by atoms with Crippen molar-refractivity contribution in [2.75, 3.05) is 12.3 Å². The number of pyridine rings is 2. The Morgan fingerprint density at radius 1 is 1.19 bits per heavy atom. The zero-order valence-electron chi connectivity index (χ0n) is 16.9. The third kappa shape index (κ3) is 4.92. The number of carbonyl (C=O) groups is 1. The van der Waals surface area contributed by atoms with Crippen LogP contribution in [0.15, 0.2) is 70.6 Å². The third-order valence-electron chi connectivity index (χ3n) is 4.69. The van der Waals surface area contributed by atoms with Crippen LogP contribution in [-0.2, 0) is 7.05 Å². The first-order valence-electron chi connectivity index (χ1n) is 9.76. The number of carbonyl (C=O) groups excluding carboxylic acids is 1. The molecule has 0 unspecified atom stereocenters. The van der Waals surface area contributed by atoms with Crippen molar-refractivity contribution in [1.82, 2.24) is 25.1 Å². The van der Waals surface area contributed by atoms with Crippen molar-refractivity contribution in [3.8, 4) is 0 Å². The molecular formula is C23H21N5O2S. The summed E-state index contributed by atoms with van der Waals surface area (Å²) in [6.07, 6.45) is 7.26. The Balaban J connectivity index is 1.34. The summed E-state index contributed by atoms with van der Waals surface area (Å²) in [6.45, 7) is 0.459. The van der Waals surface area contributed by atoms with Gasteiger partial charge in [-0.1, -0.05) is 6.07 Å². The number of benzene rings is 1. The molecule has 0 atom stereocenters. The number of nitrogens with one attached hydrogen (secondary N) is 2. The maximum absolute atomic E-state index is 12.2. The van der Waals surface area contributed by atoms with Gasteiger partial charge in [0.1, 0.15) is 5.56 Å². The SMILES string of the molecule is Cn1cccc(C(=O)NCCSc2ccc3c(/C=C/c4ccccn4)n[nH]c3c2)c1=O. The summed E-state index contributed by atoms with van der Waals surface area (Å²) >= 11 is 1.63. The van der Waals surface area contributed by atoms with Gasteiger partial charge < -0.3 is 9.88 Å². The highest BCUT2D eigenvalue weighted by Gasteiger charge is 2.10. The number of fused-ring (bicyclic) bond motifs is 1. The number of aromatic amines is 1. The van der Waals surface area contributed by atoms with Gasteiger partial charge in [0.15, 0.2) is 0 Å². The van der Waals surface area contributed by atoms with Gasteiger partial charge in [-0.25, -0.2) is 0 Å². The van der Waals surface area contributed by atoms with Crippen molar-refractivity contribution in [3.63, 3.8) is 0 Å². The number of rotatable bonds is 7. The van der Waals surface area contributed by atoms with Crippen molar-refractivity contribution < 1.29 is 4.79 Å². The van der Waals surface area contributed by atoms with Crippen LogP contribution in [0.1, 0.15) is 21.7 Å². The van der Waals surface area contributed by atoms with Crippen LogP contribution in [0.3, 0.4) is 0 Å². The lowest BCUT2D eigenvalue weighted by molar-refractivity contribution is 0.0954. The molecule has 3 heterocycles. The van der Waals surface area contributed by atoms with Crippen LogP contribution < -0.4 is 10.9 Å². The van der Waals surface area contributed by atoms with E-state index in [-0.39, 0.29) is 17.0 Å². The topological polar surface area (TPSA) is 92.7 Å². The van der Waals surface area contributed by atoms with Gasteiger partial charge in [0, 0.05) is 42.0 Å². The second-order valence-electron chi connectivity index (χ2n) is 6.85. The van der Waals surface area contributed by atoms with E-state index in [2.05, 4.69) is 20.5 Å². The largest absolute Gasteiger partial charge is 0.351 e. The molecule has 8 heteroatoms. The standard InChI is InChI=1S/C23H21N5O2S/c1-28-13-4-6-19(23(28)30)22(29)25-12-14-31-17-8-9-18-20(26-27-21(18)15-17)10-7-16-5-2-3-11-24-16/h2-11,13,15H,12,14H2,1H3,(H,25,29)(H,26,27)/b10-7+. The Morgan fingerprint density at radius 3 is 2.94 bits per heavy atom. The van der Waals surface area contributed by atoms with Gasteiger partial charge in [-0.3, -0.25) is 19.7 Å². The first-order chi connectivity index (χ1) is 15.1. The average Bonchev–Trinajstić information content (AvgIpc) is 3.20. The molecule has 4 rings (SSSR count). The van der Waals surface area contributed by atoms with Crippen LogP contribution >= 0.6 is 11.8 Å². The maximum Gasteiger partial charge on any atom is 0.263 e. The Morgan fingerprint density at radius 2 is 2.10 bits per heavy atom. The maximum atomic E-state index is 12.2. The number of aryl methyl sites for hydroxylation is 1. The Labute approximate surface area is 183 Å². The molecule has 7 nitrogen and oxygen atoms in total. The number of H-pyrrole nitrogens is 1. The van der Waals surface area contributed by atoms with Crippen molar-refractivity contribution in [1.29, 1.82) is 0 Å². The molecule has 0 aliphatic heterocycles. The van der Waals surface area contributed by atoms with Gasteiger partial charge >= 0.3 is 0 Å². The number of hydrogen-bond donors (Lipinski definition) is 2. The monoisotopic (exact) mass is 431 g/mol. The number of amides is 1. The fourth-order valence-electron chi connectivity index (χ4n) is 3.07. The molecule has 0 spiro atoms. The molecule has 0 radical (unpaired) electrons. The fraction of sp³-hybridized carbons (Fsp3) is 0.130. The van der Waals surface area contributed by atoms with Crippen LogP contribution in [0.25, 0.3) is 23.1 Å². The minimum absolute atomic E-state index is 0.153. The minimum atomic E-state index is -0.352. The van der Waals surface area contributed by atoms with E-state index in [1.807, 2.05) is 48.6 Å². The van der Waals surface area contributed by atoms with E-state index in [0.29, 0.717) is 12.3 Å². The quantitative estimate of drug-likeness (QED) is 0.346. The molecule has 0 saturated heterocycles. The van der Waals surface area contributed by atoms with Crippen molar-refractivity contribution in [2.45, 2.75) is 4.90 Å². The lowest BCUT2D eigenvalue weighted by Crippen LogP contribution is -2.32. The molecule has 0 saturated carbocycles. The molecule has 31 heavy (non-hydrogen) atoms. The molecule has 0 aliphatic carbocycles. The number of nitrogens with zero attached hydrogens (tertiary/aromatic N) is 3. The third-order valence-corrected chi connectivity index (χ3v) is 5.68. The molecule has 1 aromatic carbocycles. The minimum Gasteiger partial charge on any atom is -0.351 e. The van der Waals surface area contributed by atoms with E-state index in [9.17, 15) is 9.59 Å². The summed E-state index contributed by atoms with van der Waals surface area (Å²) in [5, 5.41) is 11.3. The fourth-order valence-corrected chi connectivity index (χ4v) is 3.88. The van der Waals surface area contributed by atoms with E-state index in [1.165, 1.54) is 10.6 Å². The van der Waals surface area contributed by atoms with Gasteiger partial charge in [0.05, 0.1) is 16.9 Å². The Hall–Kier alpha value is -3.65. The van der Waals surface area contributed by atoms with Crippen molar-refractivity contribution >= 4 is 40.7 Å². The summed E-state index contributed by atoms with van der Waals surface area (Å²) in [5.41, 5.74) is 2.53. The van der Waals surface area contributed by atoms with Crippen LogP contribution in [0.4, 0.5) is 0 Å². The van der Waals surface area contributed by atoms with Crippen LogP contribution in [0.5, 0.6) is 0 Å². The molecule has 3 aromatic heterocycles. The molecule has 0 aliphatic rings. The second kappa shape index (κ2) is 9.44. The smallest absolute Gasteiger partial charge is 0.263 e. The van der Waals surface area contributed by atoms with E-state index in [0.717, 1.165) is 27.2 Å². The molecule has 156 valence electrons. The summed E-state index contributed by atoms with van der Waals surface area (Å²) < 4.78 is 1.39. The summed E-state index contributed by atoms with van der Waals surface area (Å²) in [5.74, 6) is 0.334. The lowest BCUT2D eigenvalue weighted by atomic mass is 10.2. The van der Waals surface area contributed by atoms with E-state index in [4.69, 9.17) is 0 Å². The number of hydrogen-bond acceptors (Lipinski definition) is 5. The normalized spacial score (nSPS) is 11.3. The highest BCUT2D eigenvalue weighted by Crippen LogP contribution is 2.25. The lowest BCUT2D eigenvalue weighted by Gasteiger charge is -2.06. The summed E-state index contributed by atoms with van der Waals surface area (Å²) in [7, 11) is 1.63. The van der Waals surface area contributed by atoms with Gasteiger partial charge in [-0.2, -0.15) is 5.10 Å². The summed E-state index contributed by atoms with van der Waals surface area (Å²) in [6, 6.07) is 15.1. The first kappa shape index (κ1) is 20.6. The predicted molar refractivity (Wildman–Crippen MR) is 124 cm³/mol. The van der Waals surface area contributed by atoms with Crippen LogP contribution in [-0.4, -0.2) is 38.0 Å². The molecule has 2 N–H and O–H groups in total. The second-order valence-corrected chi connectivity index (χ2v) is 8.01. The molecule has 4 aromatic rings. The molecule has 1 amide bonds. The first-order valence-corrected chi connectivity index (χ1v) is 10.7. The average molecular weight is 432 g/mol. The predicted octanol–water partition coefficient (Wildman–Crippen LogP) is 3.35. The van der Waals surface area contributed by atoms with Crippen molar-refractivity contribution in [2.24, 2.45) is 7.05 Å². The molecule has 0 bridgehead atoms. The van der Waals surface area contributed by atoms with Gasteiger partial charge in [-0.05, 0) is 54.6 Å². The zero-order valence-corrected chi connectivity index (χ0v) is 17.7. The molecule has 0 fully saturated rings. The van der Waals surface area contributed by atoms with Gasteiger partial charge in [-0.15, -0.1) is 11.8 Å². The molecular weight excluding hydrogens is 410 g/mol. The van der Waals surface area contributed by atoms with Crippen LogP contribution in [0.2, 0.25) is 0 Å². The Bertz CT molecular complexity index is 1290. The van der Waals surface area contributed by atoms with Crippen molar-refractivity contribution in [3.05, 3.63) is 88.2 Å². The van der Waals surface area contributed by atoms with Crippen LogP contribution in [0, 0.1) is 0 Å². The summed E-state index contributed by atoms with van der Waals surface area (Å²) in [4.78, 5) is 29.6. The van der Waals surface area contributed by atoms with Gasteiger partial charge in [0.2, 0.25) is 0 Å². The Kier molecular flexibility index (Phi) is 6.28. The zero-order chi connectivity index (χ0) is 21.6. The van der Waals surface area contributed by atoms with E-state index in [1.54, 1.807) is 37.3 Å². The van der Waals surface area contributed by atoms with E-state index < -0.39 is 0 Å².